The van der Waals surface area contributed by atoms with E-state index >= 15 is 0 Å². The van der Waals surface area contributed by atoms with Crippen molar-refractivity contribution in [3.05, 3.63) is 59.1 Å². The van der Waals surface area contributed by atoms with Crippen molar-refractivity contribution < 1.29 is 4.79 Å². The Labute approximate surface area is 160 Å². The van der Waals surface area contributed by atoms with Gasteiger partial charge in [-0.1, -0.05) is 23.7 Å². The zero-order valence-corrected chi connectivity index (χ0v) is 15.9. The summed E-state index contributed by atoms with van der Waals surface area (Å²) >= 11 is 5.90. The molecular formula is C21H26ClN3O. The Bertz CT molecular complexity index is 715. The molecule has 2 aromatic rings. The molecule has 0 aromatic heterocycles. The number of carbonyl (C=O) groups is 1. The van der Waals surface area contributed by atoms with Crippen molar-refractivity contribution in [3.63, 3.8) is 0 Å². The van der Waals surface area contributed by atoms with Crippen LogP contribution in [0.25, 0.3) is 0 Å². The Hall–Kier alpha value is -2.04. The summed E-state index contributed by atoms with van der Waals surface area (Å²) in [6.07, 6.45) is 1.99. The van der Waals surface area contributed by atoms with Crippen molar-refractivity contribution >= 4 is 28.9 Å². The predicted molar refractivity (Wildman–Crippen MR) is 109 cm³/mol. The quantitative estimate of drug-likeness (QED) is 0.778. The molecule has 1 aliphatic rings. The summed E-state index contributed by atoms with van der Waals surface area (Å²) in [6, 6.07) is 15.8. The third-order valence-electron chi connectivity index (χ3n) is 4.73. The third kappa shape index (κ3) is 5.23. The summed E-state index contributed by atoms with van der Waals surface area (Å²) in [6.45, 7) is 5.75. The number of likely N-dealkylation sites (tertiary alicyclic amines) is 1. The molecule has 1 heterocycles. The number of benzene rings is 2. The summed E-state index contributed by atoms with van der Waals surface area (Å²) < 4.78 is 0. The first-order chi connectivity index (χ1) is 12.6. The van der Waals surface area contributed by atoms with E-state index in [2.05, 4.69) is 46.7 Å². The molecule has 2 N–H and O–H groups in total. The summed E-state index contributed by atoms with van der Waals surface area (Å²) in [5, 5.41) is 7.00. The second-order valence-electron chi connectivity index (χ2n) is 6.80. The van der Waals surface area contributed by atoms with Gasteiger partial charge in [0.05, 0.1) is 5.92 Å². The van der Waals surface area contributed by atoms with Gasteiger partial charge >= 0.3 is 0 Å². The second kappa shape index (κ2) is 9.06. The van der Waals surface area contributed by atoms with Gasteiger partial charge < -0.3 is 10.6 Å². The molecule has 138 valence electrons. The van der Waals surface area contributed by atoms with Gasteiger partial charge in [0.1, 0.15) is 0 Å². The van der Waals surface area contributed by atoms with Gasteiger partial charge in [-0.05, 0) is 68.3 Å². The minimum Gasteiger partial charge on any atom is -0.385 e. The molecule has 0 aliphatic carbocycles. The highest BCUT2D eigenvalue weighted by Gasteiger charge is 2.25. The highest BCUT2D eigenvalue weighted by molar-refractivity contribution is 6.30. The van der Waals surface area contributed by atoms with Gasteiger partial charge in [0, 0.05) is 36.0 Å². The molecule has 1 saturated heterocycles. The lowest BCUT2D eigenvalue weighted by molar-refractivity contribution is -0.121. The molecule has 0 radical (unpaired) electrons. The largest absolute Gasteiger partial charge is 0.385 e. The number of rotatable bonds is 6. The van der Waals surface area contributed by atoms with Crippen LogP contribution >= 0.6 is 11.6 Å². The lowest BCUT2D eigenvalue weighted by atomic mass is 9.96. The van der Waals surface area contributed by atoms with Crippen LogP contribution in [-0.4, -0.2) is 30.4 Å². The highest BCUT2D eigenvalue weighted by Crippen LogP contribution is 2.22. The molecule has 1 fully saturated rings. The lowest BCUT2D eigenvalue weighted by Crippen LogP contribution is -2.40. The van der Waals surface area contributed by atoms with Gasteiger partial charge in [-0.15, -0.1) is 0 Å². The van der Waals surface area contributed by atoms with Gasteiger partial charge in [-0.25, -0.2) is 0 Å². The van der Waals surface area contributed by atoms with Gasteiger partial charge in [-0.2, -0.15) is 0 Å². The molecule has 3 rings (SSSR count). The Morgan fingerprint density at radius 1 is 1.12 bits per heavy atom. The van der Waals surface area contributed by atoms with Crippen LogP contribution in [0, 0.1) is 5.92 Å². The number of nitrogens with zero attached hydrogens (tertiary/aromatic N) is 1. The molecule has 26 heavy (non-hydrogen) atoms. The first-order valence-corrected chi connectivity index (χ1v) is 9.63. The van der Waals surface area contributed by atoms with Crippen molar-refractivity contribution in [1.82, 2.24) is 4.90 Å². The lowest BCUT2D eigenvalue weighted by Gasteiger charge is -2.32. The summed E-state index contributed by atoms with van der Waals surface area (Å²) in [5.41, 5.74) is 3.23. The van der Waals surface area contributed by atoms with E-state index < -0.39 is 0 Å². The molecule has 1 unspecified atom stereocenters. The SMILES string of the molecule is CCNc1ccc(CN2CCCC(C(=O)Nc3ccc(Cl)cc3)C2)cc1. The van der Waals surface area contributed by atoms with E-state index in [1.54, 1.807) is 12.1 Å². The highest BCUT2D eigenvalue weighted by atomic mass is 35.5. The molecule has 0 bridgehead atoms. The first kappa shape index (κ1) is 18.7. The van der Waals surface area contributed by atoms with Crippen LogP contribution in [0.5, 0.6) is 0 Å². The molecule has 4 nitrogen and oxygen atoms in total. The zero-order chi connectivity index (χ0) is 18.4. The molecule has 1 atom stereocenters. The minimum absolute atomic E-state index is 0.0282. The van der Waals surface area contributed by atoms with Crippen LogP contribution in [0.2, 0.25) is 5.02 Å². The van der Waals surface area contributed by atoms with Gasteiger partial charge in [0.2, 0.25) is 5.91 Å². The average Bonchev–Trinajstić information content (AvgIpc) is 2.66. The fraction of sp³-hybridized carbons (Fsp3) is 0.381. The maximum atomic E-state index is 12.6. The minimum atomic E-state index is 0.0282. The van der Waals surface area contributed by atoms with E-state index in [1.165, 1.54) is 5.56 Å². The van der Waals surface area contributed by atoms with E-state index in [9.17, 15) is 4.79 Å². The maximum absolute atomic E-state index is 12.6. The van der Waals surface area contributed by atoms with Crippen LogP contribution in [0.3, 0.4) is 0 Å². The van der Waals surface area contributed by atoms with Crippen LogP contribution in [0.15, 0.2) is 48.5 Å². The molecule has 0 spiro atoms. The number of hydrogen-bond donors (Lipinski definition) is 2. The maximum Gasteiger partial charge on any atom is 0.228 e. The number of anilines is 2. The van der Waals surface area contributed by atoms with E-state index in [-0.39, 0.29) is 11.8 Å². The molecule has 0 saturated carbocycles. The van der Waals surface area contributed by atoms with E-state index in [0.717, 1.165) is 50.4 Å². The summed E-state index contributed by atoms with van der Waals surface area (Å²) in [5.74, 6) is 0.125. The van der Waals surface area contributed by atoms with Crippen molar-refractivity contribution in [2.45, 2.75) is 26.3 Å². The summed E-state index contributed by atoms with van der Waals surface area (Å²) in [4.78, 5) is 15.0. The molecule has 1 aliphatic heterocycles. The second-order valence-corrected chi connectivity index (χ2v) is 7.23. The van der Waals surface area contributed by atoms with Crippen LogP contribution in [0.1, 0.15) is 25.3 Å². The predicted octanol–water partition coefficient (Wildman–Crippen LogP) is 4.62. The Kier molecular flexibility index (Phi) is 6.53. The fourth-order valence-corrected chi connectivity index (χ4v) is 3.51. The first-order valence-electron chi connectivity index (χ1n) is 9.25. The van der Waals surface area contributed by atoms with Crippen molar-refractivity contribution in [1.29, 1.82) is 0 Å². The van der Waals surface area contributed by atoms with E-state index in [1.807, 2.05) is 12.1 Å². The van der Waals surface area contributed by atoms with Gasteiger partial charge in [-0.3, -0.25) is 9.69 Å². The normalized spacial score (nSPS) is 17.7. The van der Waals surface area contributed by atoms with Crippen LogP contribution < -0.4 is 10.6 Å². The monoisotopic (exact) mass is 371 g/mol. The van der Waals surface area contributed by atoms with Crippen molar-refractivity contribution in [3.8, 4) is 0 Å². The van der Waals surface area contributed by atoms with Crippen molar-refractivity contribution in [2.24, 2.45) is 5.92 Å². The molecule has 5 heteroatoms. The number of hydrogen-bond acceptors (Lipinski definition) is 3. The molecular weight excluding hydrogens is 346 g/mol. The number of nitrogens with one attached hydrogen (secondary N) is 2. The molecule has 1 amide bonds. The standard InChI is InChI=1S/C21H26ClN3O/c1-2-23-19-9-5-16(6-10-19)14-25-13-3-4-17(15-25)21(26)24-20-11-7-18(22)8-12-20/h5-12,17,23H,2-4,13-15H2,1H3,(H,24,26). The summed E-state index contributed by atoms with van der Waals surface area (Å²) in [7, 11) is 0. The van der Waals surface area contributed by atoms with Gasteiger partial charge in [0.15, 0.2) is 0 Å². The van der Waals surface area contributed by atoms with Crippen molar-refractivity contribution in [2.75, 3.05) is 30.3 Å². The Balaban J connectivity index is 1.54. The number of halogens is 1. The number of amides is 1. The van der Waals surface area contributed by atoms with E-state index in [0.29, 0.717) is 5.02 Å². The number of piperidine rings is 1. The van der Waals surface area contributed by atoms with Crippen LogP contribution in [0.4, 0.5) is 11.4 Å². The Morgan fingerprint density at radius 2 is 1.81 bits per heavy atom. The average molecular weight is 372 g/mol. The fourth-order valence-electron chi connectivity index (χ4n) is 3.38. The van der Waals surface area contributed by atoms with Gasteiger partial charge in [0.25, 0.3) is 0 Å². The third-order valence-corrected chi connectivity index (χ3v) is 4.98. The Morgan fingerprint density at radius 3 is 2.50 bits per heavy atom. The molecule has 2 aromatic carbocycles. The van der Waals surface area contributed by atoms with E-state index in [4.69, 9.17) is 11.6 Å². The zero-order valence-electron chi connectivity index (χ0n) is 15.2. The van der Waals surface area contributed by atoms with Crippen LogP contribution in [-0.2, 0) is 11.3 Å². The smallest absolute Gasteiger partial charge is 0.228 e. The topological polar surface area (TPSA) is 44.4 Å². The number of carbonyl (C=O) groups excluding carboxylic acids is 1.